The van der Waals surface area contributed by atoms with Crippen molar-refractivity contribution >= 4 is 5.97 Å². The van der Waals surface area contributed by atoms with Gasteiger partial charge in [0.15, 0.2) is 0 Å². The molecule has 84 valence electrons. The van der Waals surface area contributed by atoms with Crippen LogP contribution in [0.1, 0.15) is 27.5 Å². The standard InChI is InChI=1S/C13H10N2O2/c14-11-9-2-1-5-15-12(9)8-4-3-7(13(16)17)6-10(8)11/h1-6,11H,14H2,(H,16,17). The van der Waals surface area contributed by atoms with E-state index in [0.29, 0.717) is 0 Å². The van der Waals surface area contributed by atoms with Crippen LogP contribution in [-0.2, 0) is 0 Å². The molecule has 1 heterocycles. The molecule has 0 radical (unpaired) electrons. The maximum atomic E-state index is 10.9. The van der Waals surface area contributed by atoms with Crippen LogP contribution >= 0.6 is 0 Å². The number of aromatic carboxylic acids is 1. The van der Waals surface area contributed by atoms with Gasteiger partial charge in [-0.2, -0.15) is 0 Å². The van der Waals surface area contributed by atoms with Gasteiger partial charge in [-0.3, -0.25) is 4.98 Å². The first kappa shape index (κ1) is 9.99. The topological polar surface area (TPSA) is 76.2 Å². The van der Waals surface area contributed by atoms with Gasteiger partial charge in [0.05, 0.1) is 17.3 Å². The lowest BCUT2D eigenvalue weighted by atomic mass is 10.0. The first-order valence-electron chi connectivity index (χ1n) is 5.26. The van der Waals surface area contributed by atoms with Gasteiger partial charge in [0.1, 0.15) is 0 Å². The molecular weight excluding hydrogens is 216 g/mol. The van der Waals surface area contributed by atoms with Crippen LogP contribution in [0.2, 0.25) is 0 Å². The monoisotopic (exact) mass is 226 g/mol. The van der Waals surface area contributed by atoms with Gasteiger partial charge in [0.25, 0.3) is 0 Å². The average Bonchev–Trinajstić information content (AvgIpc) is 2.64. The summed E-state index contributed by atoms with van der Waals surface area (Å²) in [6.45, 7) is 0. The number of hydrogen-bond acceptors (Lipinski definition) is 3. The second kappa shape index (κ2) is 3.40. The highest BCUT2D eigenvalue weighted by molar-refractivity contribution is 5.90. The van der Waals surface area contributed by atoms with Crippen LogP contribution in [-0.4, -0.2) is 16.1 Å². The number of benzene rings is 1. The molecule has 1 aromatic heterocycles. The molecule has 4 nitrogen and oxygen atoms in total. The highest BCUT2D eigenvalue weighted by atomic mass is 16.4. The molecule has 0 bridgehead atoms. The molecule has 1 aliphatic rings. The van der Waals surface area contributed by atoms with E-state index < -0.39 is 5.97 Å². The summed E-state index contributed by atoms with van der Waals surface area (Å²) in [6.07, 6.45) is 1.71. The smallest absolute Gasteiger partial charge is 0.335 e. The predicted octanol–water partition coefficient (Wildman–Crippen LogP) is 1.81. The number of hydrogen-bond donors (Lipinski definition) is 2. The first-order chi connectivity index (χ1) is 8.18. The summed E-state index contributed by atoms with van der Waals surface area (Å²) in [5, 5.41) is 8.96. The third-order valence-corrected chi connectivity index (χ3v) is 3.06. The fourth-order valence-electron chi connectivity index (χ4n) is 2.23. The van der Waals surface area contributed by atoms with Crippen LogP contribution < -0.4 is 5.73 Å². The number of pyridine rings is 1. The number of aromatic nitrogens is 1. The SMILES string of the molecule is NC1c2cc(C(=O)O)ccc2-c2ncccc21. The Bertz CT molecular complexity index is 623. The van der Waals surface area contributed by atoms with Crippen molar-refractivity contribution in [2.75, 3.05) is 0 Å². The van der Waals surface area contributed by atoms with E-state index in [1.807, 2.05) is 12.1 Å². The molecule has 0 spiro atoms. The minimum atomic E-state index is -0.941. The van der Waals surface area contributed by atoms with Crippen molar-refractivity contribution in [2.24, 2.45) is 5.73 Å². The van der Waals surface area contributed by atoms with Gasteiger partial charge in [0.2, 0.25) is 0 Å². The van der Waals surface area contributed by atoms with E-state index >= 15 is 0 Å². The molecule has 1 unspecified atom stereocenters. The van der Waals surface area contributed by atoms with Crippen LogP contribution in [0, 0.1) is 0 Å². The Hall–Kier alpha value is -2.20. The summed E-state index contributed by atoms with van der Waals surface area (Å²) in [6, 6.07) is 8.46. The predicted molar refractivity (Wildman–Crippen MR) is 62.7 cm³/mol. The molecule has 2 aromatic rings. The van der Waals surface area contributed by atoms with Gasteiger partial charge in [-0.25, -0.2) is 4.79 Å². The summed E-state index contributed by atoms with van der Waals surface area (Å²) in [4.78, 5) is 15.2. The molecule has 1 aromatic carbocycles. The van der Waals surface area contributed by atoms with Crippen molar-refractivity contribution < 1.29 is 9.90 Å². The first-order valence-corrected chi connectivity index (χ1v) is 5.26. The molecule has 1 aliphatic carbocycles. The quantitative estimate of drug-likeness (QED) is 0.777. The Labute approximate surface area is 97.7 Å². The summed E-state index contributed by atoms with van der Waals surface area (Å²) in [5.74, 6) is -0.941. The fourth-order valence-corrected chi connectivity index (χ4v) is 2.23. The lowest BCUT2D eigenvalue weighted by molar-refractivity contribution is 0.0697. The number of nitrogens with two attached hydrogens (primary N) is 1. The van der Waals surface area contributed by atoms with Crippen LogP contribution in [0.3, 0.4) is 0 Å². The number of carbonyl (C=O) groups is 1. The maximum Gasteiger partial charge on any atom is 0.335 e. The Morgan fingerprint density at radius 2 is 2.12 bits per heavy atom. The molecule has 0 aliphatic heterocycles. The minimum absolute atomic E-state index is 0.256. The Balaban J connectivity index is 2.24. The van der Waals surface area contributed by atoms with Gasteiger partial charge in [0, 0.05) is 11.8 Å². The number of carboxylic acid groups (broad SMARTS) is 1. The van der Waals surface area contributed by atoms with Crippen LogP contribution in [0.25, 0.3) is 11.3 Å². The Morgan fingerprint density at radius 1 is 1.29 bits per heavy atom. The molecule has 0 saturated carbocycles. The Morgan fingerprint density at radius 3 is 2.88 bits per heavy atom. The fraction of sp³-hybridized carbons (Fsp3) is 0.0769. The third-order valence-electron chi connectivity index (χ3n) is 3.06. The highest BCUT2D eigenvalue weighted by Gasteiger charge is 2.27. The normalized spacial score (nSPS) is 16.4. The highest BCUT2D eigenvalue weighted by Crippen LogP contribution is 2.40. The molecule has 3 rings (SSSR count). The molecule has 0 amide bonds. The largest absolute Gasteiger partial charge is 0.478 e. The van der Waals surface area contributed by atoms with Crippen molar-refractivity contribution in [1.29, 1.82) is 0 Å². The zero-order valence-electron chi connectivity index (χ0n) is 8.92. The second-order valence-electron chi connectivity index (χ2n) is 4.03. The van der Waals surface area contributed by atoms with Crippen LogP contribution in [0.4, 0.5) is 0 Å². The molecule has 4 heteroatoms. The third kappa shape index (κ3) is 1.34. The number of fused-ring (bicyclic) bond motifs is 3. The van der Waals surface area contributed by atoms with E-state index in [-0.39, 0.29) is 11.6 Å². The zero-order valence-corrected chi connectivity index (χ0v) is 8.92. The van der Waals surface area contributed by atoms with Gasteiger partial charge >= 0.3 is 5.97 Å². The van der Waals surface area contributed by atoms with Crippen molar-refractivity contribution in [1.82, 2.24) is 4.98 Å². The van der Waals surface area contributed by atoms with Gasteiger partial charge in [-0.1, -0.05) is 12.1 Å². The average molecular weight is 226 g/mol. The molecule has 0 fully saturated rings. The van der Waals surface area contributed by atoms with Crippen molar-refractivity contribution in [3.05, 3.63) is 53.2 Å². The summed E-state index contributed by atoms with van der Waals surface area (Å²) in [7, 11) is 0. The van der Waals surface area contributed by atoms with Crippen molar-refractivity contribution in [3.63, 3.8) is 0 Å². The van der Waals surface area contributed by atoms with Crippen molar-refractivity contribution in [3.8, 4) is 11.3 Å². The van der Waals surface area contributed by atoms with E-state index in [2.05, 4.69) is 4.98 Å². The van der Waals surface area contributed by atoms with Crippen LogP contribution in [0.5, 0.6) is 0 Å². The number of nitrogens with zero attached hydrogens (tertiary/aromatic N) is 1. The number of rotatable bonds is 1. The zero-order chi connectivity index (χ0) is 12.0. The molecule has 1 atom stereocenters. The Kier molecular flexibility index (Phi) is 2.00. The summed E-state index contributed by atoms with van der Waals surface area (Å²) in [5.41, 5.74) is 9.91. The van der Waals surface area contributed by atoms with Crippen molar-refractivity contribution in [2.45, 2.75) is 6.04 Å². The summed E-state index contributed by atoms with van der Waals surface area (Å²) < 4.78 is 0. The molecular formula is C13H10N2O2. The van der Waals surface area contributed by atoms with Gasteiger partial charge < -0.3 is 10.8 Å². The lowest BCUT2D eigenvalue weighted by Crippen LogP contribution is -2.09. The van der Waals surface area contributed by atoms with Gasteiger partial charge in [-0.05, 0) is 29.3 Å². The van der Waals surface area contributed by atoms with E-state index in [1.54, 1.807) is 24.4 Å². The van der Waals surface area contributed by atoms with E-state index in [1.165, 1.54) is 0 Å². The molecule has 3 N–H and O–H groups in total. The summed E-state index contributed by atoms with van der Waals surface area (Å²) >= 11 is 0. The van der Waals surface area contributed by atoms with Gasteiger partial charge in [-0.15, -0.1) is 0 Å². The van der Waals surface area contributed by atoms with E-state index in [0.717, 1.165) is 22.4 Å². The molecule has 0 saturated heterocycles. The molecule has 17 heavy (non-hydrogen) atoms. The maximum absolute atomic E-state index is 10.9. The second-order valence-corrected chi connectivity index (χ2v) is 4.03. The minimum Gasteiger partial charge on any atom is -0.478 e. The van der Waals surface area contributed by atoms with Crippen LogP contribution in [0.15, 0.2) is 36.5 Å². The van der Waals surface area contributed by atoms with E-state index in [4.69, 9.17) is 10.8 Å². The lowest BCUT2D eigenvalue weighted by Gasteiger charge is -2.06. The van der Waals surface area contributed by atoms with E-state index in [9.17, 15) is 4.79 Å². The number of carboxylic acids is 1.